The number of carboxylic acid groups (broad SMARTS) is 1. The number of anilines is 2. The number of benzene rings is 1. The van der Waals surface area contributed by atoms with Gasteiger partial charge < -0.3 is 15.5 Å². The molecule has 0 saturated heterocycles. The van der Waals surface area contributed by atoms with Crippen LogP contribution in [-0.4, -0.2) is 42.0 Å². The average Bonchev–Trinajstić information content (AvgIpc) is 3.10. The van der Waals surface area contributed by atoms with Gasteiger partial charge in [0.15, 0.2) is 6.10 Å². The standard InChI is InChI=1S/C19H20FN5O3/c1-11-5-13(14-8-22-25(9-14)10-17(26)18(27)28)7-15(6-11)23-19-21-4-3-16(24-19)12(2)20/h3-9,12,17,26H,10H2,1-2H3,(H,27,28)(H,21,23,24)/t12?,17-/m0/s1. The van der Waals surface area contributed by atoms with Crippen molar-refractivity contribution >= 4 is 17.6 Å². The number of hydrogen-bond donors (Lipinski definition) is 3. The van der Waals surface area contributed by atoms with Crippen LogP contribution in [0.1, 0.15) is 24.4 Å². The van der Waals surface area contributed by atoms with E-state index in [-0.39, 0.29) is 6.54 Å². The van der Waals surface area contributed by atoms with Crippen LogP contribution in [0.2, 0.25) is 0 Å². The Balaban J connectivity index is 1.83. The summed E-state index contributed by atoms with van der Waals surface area (Å²) in [6.07, 6.45) is 2.03. The zero-order chi connectivity index (χ0) is 20.3. The predicted molar refractivity (Wildman–Crippen MR) is 101 cm³/mol. The number of aliphatic hydroxyl groups is 1. The zero-order valence-corrected chi connectivity index (χ0v) is 15.4. The highest BCUT2D eigenvalue weighted by Crippen LogP contribution is 2.26. The summed E-state index contributed by atoms with van der Waals surface area (Å²) in [5.74, 6) is -1.01. The number of hydrogen-bond acceptors (Lipinski definition) is 6. The summed E-state index contributed by atoms with van der Waals surface area (Å²) in [4.78, 5) is 19.0. The Morgan fingerprint density at radius 3 is 2.82 bits per heavy atom. The molecular weight excluding hydrogens is 365 g/mol. The van der Waals surface area contributed by atoms with E-state index in [4.69, 9.17) is 5.11 Å². The van der Waals surface area contributed by atoms with Gasteiger partial charge in [0, 0.05) is 23.6 Å². The fourth-order valence-corrected chi connectivity index (χ4v) is 2.67. The molecule has 1 aromatic carbocycles. The summed E-state index contributed by atoms with van der Waals surface area (Å²) in [7, 11) is 0. The maximum Gasteiger partial charge on any atom is 0.334 e. The van der Waals surface area contributed by atoms with Crippen molar-refractivity contribution in [2.45, 2.75) is 32.7 Å². The van der Waals surface area contributed by atoms with Crippen molar-refractivity contribution in [2.75, 3.05) is 5.32 Å². The maximum absolute atomic E-state index is 13.5. The third-order valence-corrected chi connectivity index (χ3v) is 4.03. The van der Waals surface area contributed by atoms with Gasteiger partial charge in [0.1, 0.15) is 6.17 Å². The van der Waals surface area contributed by atoms with Crippen LogP contribution in [0.15, 0.2) is 42.9 Å². The maximum atomic E-state index is 13.5. The molecule has 28 heavy (non-hydrogen) atoms. The van der Waals surface area contributed by atoms with Crippen molar-refractivity contribution in [3.05, 3.63) is 54.1 Å². The second-order valence-electron chi connectivity index (χ2n) is 6.44. The fraction of sp³-hybridized carbons (Fsp3) is 0.263. The molecule has 3 N–H and O–H groups in total. The van der Waals surface area contributed by atoms with Gasteiger partial charge in [-0.05, 0) is 43.2 Å². The minimum absolute atomic E-state index is 0.145. The zero-order valence-electron chi connectivity index (χ0n) is 15.4. The molecule has 9 heteroatoms. The lowest BCUT2D eigenvalue weighted by atomic mass is 10.1. The molecule has 0 aliphatic carbocycles. The number of aliphatic hydroxyl groups excluding tert-OH is 1. The van der Waals surface area contributed by atoms with Gasteiger partial charge in [-0.2, -0.15) is 5.10 Å². The van der Waals surface area contributed by atoms with E-state index in [1.165, 1.54) is 23.9 Å². The highest BCUT2D eigenvalue weighted by molar-refractivity contribution is 5.72. The molecule has 8 nitrogen and oxygen atoms in total. The molecule has 0 amide bonds. The number of alkyl halides is 1. The van der Waals surface area contributed by atoms with Gasteiger partial charge in [0.2, 0.25) is 5.95 Å². The first-order valence-electron chi connectivity index (χ1n) is 8.61. The highest BCUT2D eigenvalue weighted by atomic mass is 19.1. The summed E-state index contributed by atoms with van der Waals surface area (Å²) < 4.78 is 14.8. The largest absolute Gasteiger partial charge is 0.479 e. The summed E-state index contributed by atoms with van der Waals surface area (Å²) in [5.41, 5.74) is 3.58. The average molecular weight is 385 g/mol. The van der Waals surface area contributed by atoms with E-state index in [1.54, 1.807) is 12.4 Å². The Morgan fingerprint density at radius 1 is 1.32 bits per heavy atom. The number of aromatic nitrogens is 4. The molecular formula is C19H20FN5O3. The first-order valence-corrected chi connectivity index (χ1v) is 8.61. The monoisotopic (exact) mass is 385 g/mol. The van der Waals surface area contributed by atoms with Crippen LogP contribution in [0, 0.1) is 6.92 Å². The Morgan fingerprint density at radius 2 is 2.11 bits per heavy atom. The van der Waals surface area contributed by atoms with Crippen LogP contribution in [0.3, 0.4) is 0 Å². The number of nitrogens with one attached hydrogen (secondary N) is 1. The van der Waals surface area contributed by atoms with E-state index in [2.05, 4.69) is 20.4 Å². The third kappa shape index (κ3) is 4.68. The summed E-state index contributed by atoms with van der Waals surface area (Å²) in [5, 5.41) is 25.4. The van der Waals surface area contributed by atoms with Crippen LogP contribution in [-0.2, 0) is 11.3 Å². The molecule has 0 aliphatic rings. The summed E-state index contributed by atoms with van der Waals surface area (Å²) >= 11 is 0. The quantitative estimate of drug-likeness (QED) is 0.573. The van der Waals surface area contributed by atoms with Gasteiger partial charge in [-0.25, -0.2) is 19.2 Å². The number of nitrogens with zero attached hydrogens (tertiary/aromatic N) is 4. The SMILES string of the molecule is Cc1cc(Nc2nccc(C(C)F)n2)cc(-c2cnn(C[C@H](O)C(=O)O)c2)c1. The molecule has 2 atom stereocenters. The molecule has 0 fully saturated rings. The lowest BCUT2D eigenvalue weighted by Crippen LogP contribution is -2.25. The molecule has 2 aromatic heterocycles. The Hall–Kier alpha value is -3.33. The highest BCUT2D eigenvalue weighted by Gasteiger charge is 2.15. The molecule has 2 heterocycles. The number of halogens is 1. The van der Waals surface area contributed by atoms with Gasteiger partial charge in [-0.1, -0.05) is 6.07 Å². The van der Waals surface area contributed by atoms with E-state index in [0.29, 0.717) is 11.6 Å². The van der Waals surface area contributed by atoms with E-state index in [9.17, 15) is 14.3 Å². The van der Waals surface area contributed by atoms with Gasteiger partial charge in [-0.3, -0.25) is 4.68 Å². The van der Waals surface area contributed by atoms with Crippen molar-refractivity contribution in [3.63, 3.8) is 0 Å². The molecule has 146 valence electrons. The Labute approximate surface area is 160 Å². The first kappa shape index (κ1) is 19.4. The number of aliphatic carboxylic acids is 1. The van der Waals surface area contributed by atoms with Crippen molar-refractivity contribution in [3.8, 4) is 11.1 Å². The Bertz CT molecular complexity index is 989. The van der Waals surface area contributed by atoms with Crippen LogP contribution in [0.4, 0.5) is 16.0 Å². The predicted octanol–water partition coefficient (Wildman–Crippen LogP) is 2.87. The molecule has 0 aliphatic heterocycles. The van der Waals surface area contributed by atoms with Crippen LogP contribution in [0.5, 0.6) is 0 Å². The van der Waals surface area contributed by atoms with E-state index in [1.807, 2.05) is 25.1 Å². The smallest absolute Gasteiger partial charge is 0.334 e. The van der Waals surface area contributed by atoms with Crippen LogP contribution >= 0.6 is 0 Å². The minimum atomic E-state index is -1.52. The van der Waals surface area contributed by atoms with Crippen LogP contribution in [0.25, 0.3) is 11.1 Å². The fourth-order valence-electron chi connectivity index (χ4n) is 2.67. The van der Waals surface area contributed by atoms with Crippen molar-refractivity contribution < 1.29 is 19.4 Å². The molecule has 0 bridgehead atoms. The molecule has 3 aromatic rings. The lowest BCUT2D eigenvalue weighted by molar-refractivity contribution is -0.147. The molecule has 0 saturated carbocycles. The molecule has 1 unspecified atom stereocenters. The second-order valence-corrected chi connectivity index (χ2v) is 6.44. The molecule has 0 radical (unpaired) electrons. The normalized spacial score (nSPS) is 13.1. The van der Waals surface area contributed by atoms with E-state index < -0.39 is 18.2 Å². The van der Waals surface area contributed by atoms with Gasteiger partial charge in [0.05, 0.1) is 18.4 Å². The Kier molecular flexibility index (Phi) is 5.65. The summed E-state index contributed by atoms with van der Waals surface area (Å²) in [6, 6.07) is 7.23. The summed E-state index contributed by atoms with van der Waals surface area (Å²) in [6.45, 7) is 3.19. The third-order valence-electron chi connectivity index (χ3n) is 4.03. The second kappa shape index (κ2) is 8.13. The van der Waals surface area contributed by atoms with Crippen LogP contribution < -0.4 is 5.32 Å². The molecule has 3 rings (SSSR count). The van der Waals surface area contributed by atoms with Gasteiger partial charge in [0.25, 0.3) is 0 Å². The number of carbonyl (C=O) groups is 1. The number of carboxylic acids is 1. The van der Waals surface area contributed by atoms with Crippen molar-refractivity contribution in [1.82, 2.24) is 19.7 Å². The first-order chi connectivity index (χ1) is 13.3. The van der Waals surface area contributed by atoms with Crippen molar-refractivity contribution in [1.29, 1.82) is 0 Å². The lowest BCUT2D eigenvalue weighted by Gasteiger charge is -2.10. The minimum Gasteiger partial charge on any atom is -0.479 e. The number of aryl methyl sites for hydroxylation is 1. The molecule has 0 spiro atoms. The van der Waals surface area contributed by atoms with Crippen molar-refractivity contribution in [2.24, 2.45) is 0 Å². The topological polar surface area (TPSA) is 113 Å². The van der Waals surface area contributed by atoms with E-state index in [0.717, 1.165) is 22.4 Å². The number of rotatable bonds is 7. The van der Waals surface area contributed by atoms with Gasteiger partial charge in [-0.15, -0.1) is 0 Å². The van der Waals surface area contributed by atoms with E-state index >= 15 is 0 Å². The van der Waals surface area contributed by atoms with Gasteiger partial charge >= 0.3 is 5.97 Å².